The molecule has 0 aromatic heterocycles. The Morgan fingerprint density at radius 1 is 1.14 bits per heavy atom. The maximum Gasteiger partial charge on any atom is 0.232 e. The average molecular weight is 425 g/mol. The second-order valence-electron chi connectivity index (χ2n) is 6.40. The number of amides is 1. The summed E-state index contributed by atoms with van der Waals surface area (Å²) in [6.07, 6.45) is 1.51. The van der Waals surface area contributed by atoms with Crippen molar-refractivity contribution in [3.05, 3.63) is 59.9 Å². The number of hydrogen-bond acceptors (Lipinski definition) is 4. The normalized spacial score (nSPS) is 11.2. The summed E-state index contributed by atoms with van der Waals surface area (Å²) in [5, 5.41) is 2.83. The van der Waals surface area contributed by atoms with E-state index in [2.05, 4.69) is 5.32 Å². The molecule has 0 bridgehead atoms. The van der Waals surface area contributed by atoms with Gasteiger partial charge in [-0.2, -0.15) is 0 Å². The number of aryl methyl sites for hydroxylation is 1. The first-order valence-electron chi connectivity index (χ1n) is 8.96. The molecular weight excluding hydrogens is 399 g/mol. The van der Waals surface area contributed by atoms with Crippen molar-refractivity contribution in [2.24, 2.45) is 0 Å². The van der Waals surface area contributed by atoms with Gasteiger partial charge in [-0.3, -0.25) is 9.10 Å². The number of thioether (sulfide) groups is 1. The minimum atomic E-state index is -3.63. The maximum absolute atomic E-state index is 13.9. The number of carbonyl (C=O) groups excluding carboxylic acids is 1. The number of para-hydroxylation sites is 1. The van der Waals surface area contributed by atoms with Crippen LogP contribution in [-0.4, -0.2) is 39.4 Å². The summed E-state index contributed by atoms with van der Waals surface area (Å²) in [7, 11) is -3.63. The highest BCUT2D eigenvalue weighted by atomic mass is 32.2. The summed E-state index contributed by atoms with van der Waals surface area (Å²) < 4.78 is 38.9. The predicted molar refractivity (Wildman–Crippen MR) is 113 cm³/mol. The van der Waals surface area contributed by atoms with E-state index in [4.69, 9.17) is 0 Å². The van der Waals surface area contributed by atoms with E-state index in [1.54, 1.807) is 17.8 Å². The highest BCUT2D eigenvalue weighted by Gasteiger charge is 2.20. The summed E-state index contributed by atoms with van der Waals surface area (Å²) in [4.78, 5) is 13.1. The van der Waals surface area contributed by atoms with Crippen molar-refractivity contribution in [1.82, 2.24) is 5.32 Å². The topological polar surface area (TPSA) is 66.5 Å². The molecule has 152 valence electrons. The van der Waals surface area contributed by atoms with Gasteiger partial charge in [0.2, 0.25) is 15.9 Å². The van der Waals surface area contributed by atoms with Gasteiger partial charge in [0.15, 0.2) is 0 Å². The molecule has 0 heterocycles. The molecule has 2 aromatic rings. The van der Waals surface area contributed by atoms with E-state index in [0.29, 0.717) is 13.0 Å². The van der Waals surface area contributed by atoms with Gasteiger partial charge < -0.3 is 5.32 Å². The lowest BCUT2D eigenvalue weighted by atomic mass is 10.2. The average Bonchev–Trinajstić information content (AvgIpc) is 2.64. The van der Waals surface area contributed by atoms with Gasteiger partial charge in [-0.1, -0.05) is 29.8 Å². The fourth-order valence-electron chi connectivity index (χ4n) is 2.58. The standard InChI is InChI=1S/C20H25FN2O3S2/c1-16-9-11-17(12-10-16)27-15-13-22-20(24)8-5-14-23(28(2,25)26)19-7-4-3-6-18(19)21/h3-4,6-7,9-12H,5,8,13-15H2,1-2H3,(H,22,24). The lowest BCUT2D eigenvalue weighted by Crippen LogP contribution is -2.33. The Morgan fingerprint density at radius 3 is 2.46 bits per heavy atom. The van der Waals surface area contributed by atoms with Gasteiger partial charge in [0.1, 0.15) is 5.82 Å². The van der Waals surface area contributed by atoms with E-state index in [1.165, 1.54) is 23.8 Å². The molecule has 1 N–H and O–H groups in total. The number of nitrogens with zero attached hydrogens (tertiary/aromatic N) is 1. The van der Waals surface area contributed by atoms with E-state index in [0.717, 1.165) is 21.2 Å². The summed E-state index contributed by atoms with van der Waals surface area (Å²) in [5.41, 5.74) is 1.20. The summed E-state index contributed by atoms with van der Waals surface area (Å²) in [6, 6.07) is 13.9. The maximum atomic E-state index is 13.9. The molecule has 0 atom stereocenters. The van der Waals surface area contributed by atoms with Crippen LogP contribution in [0.15, 0.2) is 53.4 Å². The number of carbonyl (C=O) groups is 1. The molecule has 0 radical (unpaired) electrons. The van der Waals surface area contributed by atoms with E-state index in [-0.39, 0.29) is 24.6 Å². The second-order valence-corrected chi connectivity index (χ2v) is 9.48. The van der Waals surface area contributed by atoms with Crippen molar-refractivity contribution < 1.29 is 17.6 Å². The first-order chi connectivity index (χ1) is 13.3. The SMILES string of the molecule is Cc1ccc(SCCNC(=O)CCCN(c2ccccc2F)S(C)(=O)=O)cc1. The van der Waals surface area contributed by atoms with Crippen LogP contribution in [0.25, 0.3) is 0 Å². The molecule has 0 fully saturated rings. The van der Waals surface area contributed by atoms with Crippen LogP contribution in [-0.2, 0) is 14.8 Å². The number of halogens is 1. The van der Waals surface area contributed by atoms with Crippen molar-refractivity contribution in [3.8, 4) is 0 Å². The monoisotopic (exact) mass is 424 g/mol. The Balaban J connectivity index is 1.75. The largest absolute Gasteiger partial charge is 0.355 e. The molecule has 0 saturated heterocycles. The number of benzene rings is 2. The van der Waals surface area contributed by atoms with Crippen molar-refractivity contribution in [2.75, 3.05) is 29.4 Å². The molecule has 2 rings (SSSR count). The number of nitrogens with one attached hydrogen (secondary N) is 1. The van der Waals surface area contributed by atoms with Gasteiger partial charge in [-0.25, -0.2) is 12.8 Å². The lowest BCUT2D eigenvalue weighted by Gasteiger charge is -2.22. The van der Waals surface area contributed by atoms with Crippen LogP contribution in [0.4, 0.5) is 10.1 Å². The fraction of sp³-hybridized carbons (Fsp3) is 0.350. The van der Waals surface area contributed by atoms with Crippen LogP contribution < -0.4 is 9.62 Å². The Hall–Kier alpha value is -2.06. The molecule has 28 heavy (non-hydrogen) atoms. The summed E-state index contributed by atoms with van der Waals surface area (Å²) >= 11 is 1.66. The van der Waals surface area contributed by atoms with Crippen molar-refractivity contribution >= 4 is 33.4 Å². The number of hydrogen-bond donors (Lipinski definition) is 1. The van der Waals surface area contributed by atoms with Gasteiger partial charge in [0.25, 0.3) is 0 Å². The molecule has 0 spiro atoms. The Kier molecular flexibility index (Phi) is 8.32. The molecule has 0 aliphatic rings. The Morgan fingerprint density at radius 2 is 1.82 bits per heavy atom. The molecule has 8 heteroatoms. The molecule has 0 unspecified atom stereocenters. The molecule has 2 aromatic carbocycles. The zero-order valence-electron chi connectivity index (χ0n) is 16.0. The highest BCUT2D eigenvalue weighted by molar-refractivity contribution is 7.99. The Labute approximate surface area is 170 Å². The van der Waals surface area contributed by atoms with Gasteiger partial charge in [0, 0.05) is 30.2 Å². The van der Waals surface area contributed by atoms with Crippen molar-refractivity contribution in [2.45, 2.75) is 24.7 Å². The van der Waals surface area contributed by atoms with Gasteiger partial charge in [-0.15, -0.1) is 11.8 Å². The lowest BCUT2D eigenvalue weighted by molar-refractivity contribution is -0.121. The number of sulfonamides is 1. The van der Waals surface area contributed by atoms with Crippen LogP contribution in [0, 0.1) is 12.7 Å². The van der Waals surface area contributed by atoms with Crippen LogP contribution in [0.2, 0.25) is 0 Å². The highest BCUT2D eigenvalue weighted by Crippen LogP contribution is 2.22. The third kappa shape index (κ3) is 7.16. The third-order valence-corrected chi connectivity index (χ3v) is 6.19. The van der Waals surface area contributed by atoms with Gasteiger partial charge in [-0.05, 0) is 37.6 Å². The van der Waals surface area contributed by atoms with E-state index in [1.807, 2.05) is 31.2 Å². The van der Waals surface area contributed by atoms with Crippen molar-refractivity contribution in [3.63, 3.8) is 0 Å². The van der Waals surface area contributed by atoms with Crippen LogP contribution >= 0.6 is 11.8 Å². The van der Waals surface area contributed by atoms with Crippen LogP contribution in [0.3, 0.4) is 0 Å². The smallest absolute Gasteiger partial charge is 0.232 e. The third-order valence-electron chi connectivity index (χ3n) is 4.00. The van der Waals surface area contributed by atoms with E-state index >= 15 is 0 Å². The number of anilines is 1. The quantitative estimate of drug-likeness (QED) is 0.468. The molecule has 0 aliphatic heterocycles. The van der Waals surface area contributed by atoms with Gasteiger partial charge in [0.05, 0.1) is 11.9 Å². The van der Waals surface area contributed by atoms with Crippen LogP contribution in [0.1, 0.15) is 18.4 Å². The number of rotatable bonds is 10. The first-order valence-corrected chi connectivity index (χ1v) is 11.8. The predicted octanol–water partition coefficient (Wildman–Crippen LogP) is 3.59. The second kappa shape index (κ2) is 10.5. The van der Waals surface area contributed by atoms with E-state index in [9.17, 15) is 17.6 Å². The minimum Gasteiger partial charge on any atom is -0.355 e. The minimum absolute atomic E-state index is 0.0000870. The summed E-state index contributed by atoms with van der Waals surface area (Å²) in [6.45, 7) is 2.61. The zero-order chi connectivity index (χ0) is 20.6. The van der Waals surface area contributed by atoms with Crippen LogP contribution in [0.5, 0.6) is 0 Å². The molecule has 5 nitrogen and oxygen atoms in total. The summed E-state index contributed by atoms with van der Waals surface area (Å²) in [5.74, 6) is -0.00328. The fourth-order valence-corrected chi connectivity index (χ4v) is 4.32. The van der Waals surface area contributed by atoms with Gasteiger partial charge >= 0.3 is 0 Å². The molecule has 1 amide bonds. The first kappa shape index (κ1) is 22.2. The molecule has 0 saturated carbocycles. The zero-order valence-corrected chi connectivity index (χ0v) is 17.7. The molecule has 0 aliphatic carbocycles. The van der Waals surface area contributed by atoms with Crippen molar-refractivity contribution in [1.29, 1.82) is 0 Å². The Bertz CT molecular complexity index is 887. The van der Waals surface area contributed by atoms with E-state index < -0.39 is 15.8 Å². The molecular formula is C20H25FN2O3S2.